The van der Waals surface area contributed by atoms with Gasteiger partial charge in [0.25, 0.3) is 0 Å². The van der Waals surface area contributed by atoms with Crippen LogP contribution in [0.3, 0.4) is 0 Å². The van der Waals surface area contributed by atoms with Crippen molar-refractivity contribution >= 4 is 14.2 Å². The molecule has 0 radical (unpaired) electrons. The van der Waals surface area contributed by atoms with Crippen LogP contribution in [0.4, 0.5) is 0 Å². The lowest BCUT2D eigenvalue weighted by Crippen LogP contribution is -2.36. The van der Waals surface area contributed by atoms with Crippen LogP contribution < -0.4 is 5.32 Å². The zero-order chi connectivity index (χ0) is 8.48. The molecule has 1 unspecified atom stereocenters. The fourth-order valence-corrected chi connectivity index (χ4v) is 2.19. The summed E-state index contributed by atoms with van der Waals surface area (Å²) in [7, 11) is -1.52. The van der Waals surface area contributed by atoms with Gasteiger partial charge >= 0.3 is 0 Å². The smallest absolute Gasteiger partial charge is 0.247 e. The zero-order valence-electron chi connectivity index (χ0n) is 7.31. The highest BCUT2D eigenvalue weighted by atomic mass is 28.4. The Kier molecular flexibility index (Phi) is 2.34. The van der Waals surface area contributed by atoms with E-state index < -0.39 is 8.32 Å². The molecule has 11 heavy (non-hydrogen) atoms. The van der Waals surface area contributed by atoms with Crippen LogP contribution in [-0.2, 0) is 9.22 Å². The predicted molar refractivity (Wildman–Crippen MR) is 45.8 cm³/mol. The van der Waals surface area contributed by atoms with E-state index in [1.165, 1.54) is 0 Å². The maximum Gasteiger partial charge on any atom is 0.247 e. The average Bonchev–Trinajstić information content (AvgIpc) is 2.12. The van der Waals surface area contributed by atoms with Crippen molar-refractivity contribution in [2.24, 2.45) is 0 Å². The lowest BCUT2D eigenvalue weighted by atomic mass is 10.3. The van der Waals surface area contributed by atoms with Gasteiger partial charge in [-0.1, -0.05) is 0 Å². The second-order valence-electron chi connectivity index (χ2n) is 3.80. The molecular weight excluding hydrogens is 158 g/mol. The molecule has 0 aliphatic carbocycles. The second-order valence-corrected chi connectivity index (χ2v) is 8.26. The van der Waals surface area contributed by atoms with Crippen molar-refractivity contribution in [2.75, 3.05) is 6.54 Å². The molecule has 1 aliphatic heterocycles. The quantitative estimate of drug-likeness (QED) is 0.625. The van der Waals surface area contributed by atoms with Crippen LogP contribution in [0, 0.1) is 0 Å². The summed E-state index contributed by atoms with van der Waals surface area (Å²) in [6.45, 7) is 7.06. The van der Waals surface area contributed by atoms with Crippen molar-refractivity contribution in [3.63, 3.8) is 0 Å². The molecule has 1 amide bonds. The Morgan fingerprint density at radius 3 is 2.55 bits per heavy atom. The predicted octanol–water partition coefficient (Wildman–Crippen LogP) is 0.726. The van der Waals surface area contributed by atoms with Gasteiger partial charge in [-0.2, -0.15) is 0 Å². The van der Waals surface area contributed by atoms with Crippen LogP contribution in [0.25, 0.3) is 0 Å². The fourth-order valence-electron chi connectivity index (χ4n) is 1.11. The van der Waals surface area contributed by atoms with Gasteiger partial charge in [-0.3, -0.25) is 4.79 Å². The van der Waals surface area contributed by atoms with Crippen molar-refractivity contribution in [2.45, 2.75) is 32.2 Å². The molecule has 1 heterocycles. The summed E-state index contributed by atoms with van der Waals surface area (Å²) in [5.74, 6) is 0.0624. The lowest BCUT2D eigenvalue weighted by molar-refractivity contribution is -0.125. The zero-order valence-corrected chi connectivity index (χ0v) is 8.31. The van der Waals surface area contributed by atoms with Crippen molar-refractivity contribution in [3.05, 3.63) is 0 Å². The van der Waals surface area contributed by atoms with Crippen molar-refractivity contribution < 1.29 is 9.22 Å². The third-order valence-electron chi connectivity index (χ3n) is 1.49. The SMILES string of the molecule is C[Si](C)(C)OC1CCNC1=O. The van der Waals surface area contributed by atoms with Gasteiger partial charge in [-0.15, -0.1) is 0 Å². The Labute approximate surface area is 68.3 Å². The van der Waals surface area contributed by atoms with Crippen LogP contribution in [0.15, 0.2) is 0 Å². The summed E-state index contributed by atoms with van der Waals surface area (Å²) in [4.78, 5) is 11.0. The first-order valence-corrected chi connectivity index (χ1v) is 7.35. The molecular formula is C7H15NO2Si. The highest BCUT2D eigenvalue weighted by Gasteiger charge is 2.29. The van der Waals surface area contributed by atoms with Crippen molar-refractivity contribution in [1.29, 1.82) is 0 Å². The summed E-state index contributed by atoms with van der Waals surface area (Å²) in [5.41, 5.74) is 0. The van der Waals surface area contributed by atoms with E-state index in [4.69, 9.17) is 4.43 Å². The highest BCUT2D eigenvalue weighted by molar-refractivity contribution is 6.69. The topological polar surface area (TPSA) is 38.3 Å². The molecule has 4 heteroatoms. The van der Waals surface area contributed by atoms with Gasteiger partial charge in [-0.05, 0) is 26.1 Å². The van der Waals surface area contributed by atoms with Crippen molar-refractivity contribution in [1.82, 2.24) is 5.32 Å². The van der Waals surface area contributed by atoms with Gasteiger partial charge in [0.1, 0.15) is 6.10 Å². The minimum atomic E-state index is -1.52. The average molecular weight is 173 g/mol. The standard InChI is InChI=1S/C7H15NO2Si/c1-11(2,3)10-6-4-5-8-7(6)9/h6H,4-5H2,1-3H3,(H,8,9). The minimum absolute atomic E-state index is 0.0624. The number of carbonyl (C=O) groups excluding carboxylic acids is 1. The maximum atomic E-state index is 11.0. The number of rotatable bonds is 2. The van der Waals surface area contributed by atoms with E-state index in [-0.39, 0.29) is 12.0 Å². The van der Waals surface area contributed by atoms with Crippen LogP contribution in [-0.4, -0.2) is 26.9 Å². The lowest BCUT2D eigenvalue weighted by Gasteiger charge is -2.20. The molecule has 1 aliphatic rings. The summed E-state index contributed by atoms with van der Waals surface area (Å²) >= 11 is 0. The van der Waals surface area contributed by atoms with E-state index >= 15 is 0 Å². The largest absolute Gasteiger partial charge is 0.406 e. The Hall–Kier alpha value is -0.353. The van der Waals surface area contributed by atoms with E-state index in [0.29, 0.717) is 0 Å². The second kappa shape index (κ2) is 2.95. The minimum Gasteiger partial charge on any atom is -0.406 e. The molecule has 0 bridgehead atoms. The summed E-state index contributed by atoms with van der Waals surface area (Å²) < 4.78 is 5.64. The first-order chi connectivity index (χ1) is 4.99. The first-order valence-electron chi connectivity index (χ1n) is 3.94. The van der Waals surface area contributed by atoms with Crippen LogP contribution in [0.1, 0.15) is 6.42 Å². The molecule has 0 aromatic rings. The van der Waals surface area contributed by atoms with E-state index in [1.54, 1.807) is 0 Å². The van der Waals surface area contributed by atoms with Crippen LogP contribution in [0.2, 0.25) is 19.6 Å². The summed E-state index contributed by atoms with van der Waals surface area (Å²) in [6, 6.07) is 0. The van der Waals surface area contributed by atoms with Gasteiger partial charge in [-0.25, -0.2) is 0 Å². The van der Waals surface area contributed by atoms with E-state index in [2.05, 4.69) is 25.0 Å². The molecule has 0 saturated carbocycles. The number of carbonyl (C=O) groups is 1. The number of nitrogens with one attached hydrogen (secondary N) is 1. The van der Waals surface area contributed by atoms with Crippen LogP contribution in [0.5, 0.6) is 0 Å². The van der Waals surface area contributed by atoms with Gasteiger partial charge in [0, 0.05) is 6.54 Å². The Morgan fingerprint density at radius 1 is 1.55 bits per heavy atom. The first kappa shape index (κ1) is 8.74. The monoisotopic (exact) mass is 173 g/mol. The normalized spacial score (nSPS) is 25.4. The molecule has 1 rings (SSSR count). The molecule has 0 aromatic heterocycles. The molecule has 0 aromatic carbocycles. The third kappa shape index (κ3) is 2.63. The molecule has 3 nitrogen and oxygen atoms in total. The van der Waals surface area contributed by atoms with Crippen LogP contribution >= 0.6 is 0 Å². The van der Waals surface area contributed by atoms with E-state index in [0.717, 1.165) is 13.0 Å². The fraction of sp³-hybridized carbons (Fsp3) is 0.857. The Balaban J connectivity index is 2.43. The van der Waals surface area contributed by atoms with Gasteiger partial charge in [0.2, 0.25) is 5.91 Å². The van der Waals surface area contributed by atoms with E-state index in [1.807, 2.05) is 0 Å². The van der Waals surface area contributed by atoms with Gasteiger partial charge in [0.05, 0.1) is 0 Å². The number of amides is 1. The van der Waals surface area contributed by atoms with Crippen molar-refractivity contribution in [3.8, 4) is 0 Å². The van der Waals surface area contributed by atoms with Gasteiger partial charge < -0.3 is 9.74 Å². The highest BCUT2D eigenvalue weighted by Crippen LogP contribution is 2.12. The summed E-state index contributed by atoms with van der Waals surface area (Å²) in [5, 5.41) is 2.75. The Morgan fingerprint density at radius 2 is 2.18 bits per heavy atom. The number of hydrogen-bond donors (Lipinski definition) is 1. The molecule has 0 spiro atoms. The maximum absolute atomic E-state index is 11.0. The molecule has 64 valence electrons. The molecule has 1 atom stereocenters. The Bertz CT molecular complexity index is 164. The molecule has 1 saturated heterocycles. The molecule has 1 N–H and O–H groups in total. The number of hydrogen-bond acceptors (Lipinski definition) is 2. The molecule has 1 fully saturated rings. The summed E-state index contributed by atoms with van der Waals surface area (Å²) in [6.07, 6.45) is 0.671. The van der Waals surface area contributed by atoms with Gasteiger partial charge in [0.15, 0.2) is 8.32 Å². The third-order valence-corrected chi connectivity index (χ3v) is 2.49. The van der Waals surface area contributed by atoms with E-state index in [9.17, 15) is 4.79 Å².